The molecular weight excluding hydrogens is 434 g/mol. The molecule has 0 aromatic heterocycles. The zero-order valence-electron chi connectivity index (χ0n) is 19.8. The summed E-state index contributed by atoms with van der Waals surface area (Å²) >= 11 is 1.45. The molecule has 6 heteroatoms. The Kier molecular flexibility index (Phi) is 9.24. The minimum absolute atomic E-state index is 0.191. The van der Waals surface area contributed by atoms with Crippen LogP contribution in [0.25, 0.3) is 0 Å². The van der Waals surface area contributed by atoms with Gasteiger partial charge in [-0.25, -0.2) is 4.79 Å². The molecule has 0 spiro atoms. The number of carbonyl (C=O) groups is 2. The number of benzene rings is 2. The molecule has 0 saturated heterocycles. The molecule has 0 radical (unpaired) electrons. The summed E-state index contributed by atoms with van der Waals surface area (Å²) in [6.45, 7) is 5.72. The molecule has 1 aliphatic carbocycles. The summed E-state index contributed by atoms with van der Waals surface area (Å²) in [5.41, 5.74) is 0.320. The van der Waals surface area contributed by atoms with Crippen LogP contribution in [0, 0.1) is 5.92 Å². The average Bonchev–Trinajstić information content (AvgIpc) is 2.80. The molecule has 1 fully saturated rings. The van der Waals surface area contributed by atoms with Crippen molar-refractivity contribution in [3.8, 4) is 0 Å². The maximum absolute atomic E-state index is 13.4. The van der Waals surface area contributed by atoms with E-state index in [9.17, 15) is 9.59 Å². The van der Waals surface area contributed by atoms with Crippen LogP contribution in [0.15, 0.2) is 65.6 Å². The second kappa shape index (κ2) is 12.1. The molecule has 1 aliphatic rings. The number of thioether (sulfide) groups is 1. The highest BCUT2D eigenvalue weighted by molar-refractivity contribution is 8.00. The molecule has 1 saturated carbocycles. The second-order valence-corrected chi connectivity index (χ2v) is 10.7. The topological polar surface area (TPSA) is 64.6 Å². The molecule has 5 nitrogen and oxygen atoms in total. The van der Waals surface area contributed by atoms with E-state index >= 15 is 0 Å². The summed E-state index contributed by atoms with van der Waals surface area (Å²) in [6, 6.07) is 19.1. The average molecular weight is 470 g/mol. The van der Waals surface area contributed by atoms with E-state index in [-0.39, 0.29) is 24.5 Å². The van der Waals surface area contributed by atoms with E-state index in [4.69, 9.17) is 9.47 Å². The molecule has 1 amide bonds. The number of ether oxygens (including phenoxy) is 2. The maximum atomic E-state index is 13.4. The largest absolute Gasteiger partial charge is 0.460 e. The van der Waals surface area contributed by atoms with Crippen LogP contribution in [-0.2, 0) is 20.9 Å². The fourth-order valence-corrected chi connectivity index (χ4v) is 5.31. The third-order valence-corrected chi connectivity index (χ3v) is 6.91. The molecule has 33 heavy (non-hydrogen) atoms. The first-order valence-corrected chi connectivity index (χ1v) is 12.6. The number of nitrogens with one attached hydrogen (secondary N) is 1. The zero-order valence-corrected chi connectivity index (χ0v) is 20.6. The van der Waals surface area contributed by atoms with Crippen LogP contribution in [-0.4, -0.2) is 29.0 Å². The van der Waals surface area contributed by atoms with E-state index < -0.39 is 16.9 Å². The fourth-order valence-electron chi connectivity index (χ4n) is 4.10. The Bertz CT molecular complexity index is 876. The van der Waals surface area contributed by atoms with Gasteiger partial charge in [0, 0.05) is 4.90 Å². The van der Waals surface area contributed by atoms with Crippen molar-refractivity contribution >= 4 is 23.8 Å². The molecule has 0 heterocycles. The van der Waals surface area contributed by atoms with Crippen LogP contribution in [0.2, 0.25) is 0 Å². The van der Waals surface area contributed by atoms with Crippen molar-refractivity contribution in [2.45, 2.75) is 81.3 Å². The lowest BCUT2D eigenvalue weighted by Crippen LogP contribution is -2.51. The molecule has 0 bridgehead atoms. The zero-order chi connectivity index (χ0) is 23.7. The van der Waals surface area contributed by atoms with Crippen molar-refractivity contribution in [3.05, 3.63) is 66.2 Å². The molecule has 2 aromatic rings. The van der Waals surface area contributed by atoms with Crippen LogP contribution in [0.1, 0.15) is 58.4 Å². The number of hydrogen-bond donors (Lipinski definition) is 1. The molecular formula is C27H35NO4S. The molecule has 2 atom stereocenters. The molecule has 2 aromatic carbocycles. The van der Waals surface area contributed by atoms with Crippen LogP contribution in [0.5, 0.6) is 0 Å². The standard InChI is InChI=1S/C27H35NO4S/c1-27(2,3)32-26(30)28-23(21-15-9-5-10-16-21)24(33-22-17-11-6-12-18-22)25(29)31-19-20-13-7-4-8-14-20/h4,6-8,11-14,17-18,21,23-24H,5,9-10,15-16,19H2,1-3H3,(H,28,30)/t23-,24+/m1/s1. The van der Waals surface area contributed by atoms with Gasteiger partial charge in [0.1, 0.15) is 17.5 Å². The predicted molar refractivity (Wildman–Crippen MR) is 132 cm³/mol. The van der Waals surface area contributed by atoms with E-state index in [1.54, 1.807) is 0 Å². The minimum Gasteiger partial charge on any atom is -0.460 e. The van der Waals surface area contributed by atoms with Gasteiger partial charge in [-0.3, -0.25) is 4.79 Å². The van der Waals surface area contributed by atoms with E-state index in [0.29, 0.717) is 0 Å². The van der Waals surface area contributed by atoms with Gasteiger partial charge < -0.3 is 14.8 Å². The van der Waals surface area contributed by atoms with E-state index in [0.717, 1.165) is 36.1 Å². The van der Waals surface area contributed by atoms with Gasteiger partial charge in [-0.15, -0.1) is 11.8 Å². The predicted octanol–water partition coefficient (Wildman–Crippen LogP) is 6.36. The van der Waals surface area contributed by atoms with Crippen LogP contribution >= 0.6 is 11.8 Å². The quantitative estimate of drug-likeness (QED) is 0.360. The second-order valence-electron chi connectivity index (χ2n) is 9.51. The van der Waals surface area contributed by atoms with Gasteiger partial charge in [-0.1, -0.05) is 67.8 Å². The first kappa shape index (κ1) is 25.2. The van der Waals surface area contributed by atoms with Gasteiger partial charge in [0.2, 0.25) is 0 Å². The van der Waals surface area contributed by atoms with Gasteiger partial charge >= 0.3 is 12.1 Å². The third-order valence-electron chi connectivity index (χ3n) is 5.63. The Hall–Kier alpha value is -2.47. The van der Waals surface area contributed by atoms with Crippen molar-refractivity contribution < 1.29 is 19.1 Å². The summed E-state index contributed by atoms with van der Waals surface area (Å²) < 4.78 is 11.3. The fraction of sp³-hybridized carbons (Fsp3) is 0.481. The van der Waals surface area contributed by atoms with Crippen LogP contribution < -0.4 is 5.32 Å². The monoisotopic (exact) mass is 469 g/mol. The van der Waals surface area contributed by atoms with E-state index in [1.165, 1.54) is 18.2 Å². The maximum Gasteiger partial charge on any atom is 0.407 e. The number of alkyl carbamates (subject to hydrolysis) is 1. The lowest BCUT2D eigenvalue weighted by atomic mass is 9.82. The highest BCUT2D eigenvalue weighted by Crippen LogP contribution is 2.35. The number of esters is 1. The summed E-state index contributed by atoms with van der Waals surface area (Å²) in [5, 5.41) is 2.48. The normalized spacial score (nSPS) is 16.5. The van der Waals surface area contributed by atoms with Gasteiger partial charge in [-0.05, 0) is 57.2 Å². The lowest BCUT2D eigenvalue weighted by Gasteiger charge is -2.35. The smallest absolute Gasteiger partial charge is 0.407 e. The van der Waals surface area contributed by atoms with Crippen molar-refractivity contribution in [1.82, 2.24) is 5.32 Å². The molecule has 3 rings (SSSR count). The Labute approximate surface area is 201 Å². The number of carbonyl (C=O) groups excluding carboxylic acids is 2. The summed E-state index contributed by atoms with van der Waals surface area (Å²) in [7, 11) is 0. The minimum atomic E-state index is -0.614. The van der Waals surface area contributed by atoms with E-state index in [1.807, 2.05) is 81.4 Å². The molecule has 0 unspecified atom stereocenters. The highest BCUT2D eigenvalue weighted by Gasteiger charge is 2.38. The third kappa shape index (κ3) is 8.43. The van der Waals surface area contributed by atoms with Crippen LogP contribution in [0.3, 0.4) is 0 Å². The van der Waals surface area contributed by atoms with Gasteiger partial charge in [0.25, 0.3) is 0 Å². The van der Waals surface area contributed by atoms with Crippen molar-refractivity contribution in [1.29, 1.82) is 0 Å². The Balaban J connectivity index is 1.84. The summed E-state index contributed by atoms with van der Waals surface area (Å²) in [4.78, 5) is 27.2. The van der Waals surface area contributed by atoms with Gasteiger partial charge in [0.15, 0.2) is 0 Å². The number of hydrogen-bond acceptors (Lipinski definition) is 5. The van der Waals surface area contributed by atoms with Crippen molar-refractivity contribution in [2.75, 3.05) is 0 Å². The van der Waals surface area contributed by atoms with Gasteiger partial charge in [-0.2, -0.15) is 0 Å². The first-order chi connectivity index (χ1) is 15.8. The summed E-state index contributed by atoms with van der Waals surface area (Å²) in [6.07, 6.45) is 4.83. The van der Waals surface area contributed by atoms with Gasteiger partial charge in [0.05, 0.1) is 6.04 Å². The van der Waals surface area contributed by atoms with E-state index in [2.05, 4.69) is 5.32 Å². The highest BCUT2D eigenvalue weighted by atomic mass is 32.2. The van der Waals surface area contributed by atoms with Crippen molar-refractivity contribution in [3.63, 3.8) is 0 Å². The Morgan fingerprint density at radius 3 is 2.18 bits per heavy atom. The van der Waals surface area contributed by atoms with Crippen LogP contribution in [0.4, 0.5) is 4.79 Å². The molecule has 1 N–H and O–H groups in total. The first-order valence-electron chi connectivity index (χ1n) is 11.7. The SMILES string of the molecule is CC(C)(C)OC(=O)N[C@H](C1CCCCC1)[C@H](Sc1ccccc1)C(=O)OCc1ccccc1. The lowest BCUT2D eigenvalue weighted by molar-refractivity contribution is -0.145. The molecule has 0 aliphatic heterocycles. The summed E-state index contributed by atoms with van der Waals surface area (Å²) in [5.74, 6) is -0.129. The Morgan fingerprint density at radius 1 is 0.970 bits per heavy atom. The number of rotatable bonds is 8. The number of amides is 1. The van der Waals surface area contributed by atoms with Crippen molar-refractivity contribution in [2.24, 2.45) is 5.92 Å². The Morgan fingerprint density at radius 2 is 1.58 bits per heavy atom. The molecule has 178 valence electrons.